The van der Waals surface area contributed by atoms with Crippen molar-refractivity contribution in [2.75, 3.05) is 28.6 Å². The van der Waals surface area contributed by atoms with E-state index in [1.807, 2.05) is 32.9 Å². The number of amides is 2. The van der Waals surface area contributed by atoms with Gasteiger partial charge in [0.2, 0.25) is 0 Å². The quantitative estimate of drug-likeness (QED) is 0.538. The van der Waals surface area contributed by atoms with Gasteiger partial charge in [-0.1, -0.05) is 17.7 Å². The van der Waals surface area contributed by atoms with Crippen LogP contribution in [0.3, 0.4) is 0 Å². The number of halogens is 1. The first-order chi connectivity index (χ1) is 15.4. The first kappa shape index (κ1) is 22.3. The summed E-state index contributed by atoms with van der Waals surface area (Å²) in [4.78, 5) is 28.1. The molecule has 0 spiro atoms. The average Bonchev–Trinajstić information content (AvgIpc) is 3.05. The molecule has 2 amide bonds. The van der Waals surface area contributed by atoms with Crippen LogP contribution in [0.4, 0.5) is 21.9 Å². The van der Waals surface area contributed by atoms with Gasteiger partial charge in [-0.05, 0) is 69.9 Å². The zero-order valence-electron chi connectivity index (χ0n) is 18.9. The smallest absolute Gasteiger partial charge is 0.329 e. The van der Waals surface area contributed by atoms with Crippen LogP contribution in [0.1, 0.15) is 38.7 Å². The molecule has 0 unspecified atom stereocenters. The maximum absolute atomic E-state index is 12.9. The summed E-state index contributed by atoms with van der Waals surface area (Å²) in [5, 5.41) is 6.51. The molecule has 7 nitrogen and oxygen atoms in total. The zero-order valence-corrected chi connectivity index (χ0v) is 19.6. The molecule has 1 aromatic heterocycles. The summed E-state index contributed by atoms with van der Waals surface area (Å²) in [5.41, 5.74) is 4.95. The van der Waals surface area contributed by atoms with Crippen molar-refractivity contribution in [1.29, 1.82) is 0 Å². The first-order valence-electron chi connectivity index (χ1n) is 11.3. The predicted octanol–water partition coefficient (Wildman–Crippen LogP) is 5.44. The minimum atomic E-state index is -0.340. The molecule has 1 aliphatic heterocycles. The summed E-state index contributed by atoms with van der Waals surface area (Å²) >= 11 is 6.10. The fraction of sp³-hybridized carbons (Fsp3) is 0.417. The molecule has 2 aromatic carbocycles. The Kier molecular flexibility index (Phi) is 6.46. The van der Waals surface area contributed by atoms with Crippen LogP contribution in [0.25, 0.3) is 11.0 Å². The van der Waals surface area contributed by atoms with Crippen molar-refractivity contribution in [2.45, 2.75) is 53.1 Å². The van der Waals surface area contributed by atoms with Crippen molar-refractivity contribution in [1.82, 2.24) is 9.13 Å². The van der Waals surface area contributed by atoms with Gasteiger partial charge in [-0.2, -0.15) is 0 Å². The Morgan fingerprint density at radius 2 is 1.56 bits per heavy atom. The number of aryl methyl sites for hydroxylation is 3. The van der Waals surface area contributed by atoms with E-state index in [4.69, 9.17) is 11.6 Å². The topological polar surface area (TPSA) is 71.3 Å². The van der Waals surface area contributed by atoms with E-state index in [0.717, 1.165) is 48.2 Å². The minimum Gasteiger partial charge on any atom is -0.370 e. The Hall–Kier alpha value is -2.93. The van der Waals surface area contributed by atoms with Gasteiger partial charge in [-0.3, -0.25) is 9.13 Å². The number of rotatable bonds is 5. The molecule has 0 radical (unpaired) electrons. The summed E-state index contributed by atoms with van der Waals surface area (Å²) in [6.45, 7) is 8.89. The van der Waals surface area contributed by atoms with Gasteiger partial charge < -0.3 is 15.5 Å². The van der Waals surface area contributed by atoms with E-state index < -0.39 is 0 Å². The Morgan fingerprint density at radius 1 is 0.938 bits per heavy atom. The Balaban J connectivity index is 1.76. The van der Waals surface area contributed by atoms with E-state index >= 15 is 0 Å². The Labute approximate surface area is 193 Å². The number of urea groups is 1. The molecule has 0 bridgehead atoms. The second-order valence-corrected chi connectivity index (χ2v) is 8.65. The summed E-state index contributed by atoms with van der Waals surface area (Å²) in [5.74, 6) is 0. The molecule has 2 N–H and O–H groups in total. The van der Waals surface area contributed by atoms with Crippen LogP contribution in [0.5, 0.6) is 0 Å². The molecule has 0 aliphatic carbocycles. The average molecular weight is 456 g/mol. The SMILES string of the molecule is CCn1c(=O)n(CC)c2cc(N3CCCCC3)c(NC(=O)Nc3cc(Cl)ccc3C)cc21. The molecular weight excluding hydrogens is 426 g/mol. The number of fused-ring (bicyclic) bond motifs is 1. The van der Waals surface area contributed by atoms with Crippen LogP contribution >= 0.6 is 11.6 Å². The third-order valence-electron chi connectivity index (χ3n) is 6.16. The Morgan fingerprint density at radius 3 is 2.22 bits per heavy atom. The van der Waals surface area contributed by atoms with Gasteiger partial charge in [0.15, 0.2) is 0 Å². The van der Waals surface area contributed by atoms with Gasteiger partial charge in [0.25, 0.3) is 0 Å². The van der Waals surface area contributed by atoms with E-state index in [1.165, 1.54) is 6.42 Å². The number of hydrogen-bond donors (Lipinski definition) is 2. The second-order valence-electron chi connectivity index (χ2n) is 8.22. The lowest BCUT2D eigenvalue weighted by Crippen LogP contribution is -2.31. The van der Waals surface area contributed by atoms with Gasteiger partial charge in [-0.15, -0.1) is 0 Å². The fourth-order valence-corrected chi connectivity index (χ4v) is 4.63. The molecule has 0 saturated carbocycles. The van der Waals surface area contributed by atoms with Gasteiger partial charge in [0.1, 0.15) is 0 Å². The van der Waals surface area contributed by atoms with E-state index in [2.05, 4.69) is 21.6 Å². The zero-order chi connectivity index (χ0) is 22.8. The molecule has 3 aromatic rings. The second kappa shape index (κ2) is 9.28. The number of benzene rings is 2. The summed E-state index contributed by atoms with van der Waals surface area (Å²) < 4.78 is 3.55. The van der Waals surface area contributed by atoms with Crippen molar-refractivity contribution in [2.24, 2.45) is 0 Å². The van der Waals surface area contributed by atoms with Gasteiger partial charge in [0, 0.05) is 36.9 Å². The highest BCUT2D eigenvalue weighted by molar-refractivity contribution is 6.31. The lowest BCUT2D eigenvalue weighted by atomic mass is 10.1. The van der Waals surface area contributed by atoms with Crippen molar-refractivity contribution in [3.63, 3.8) is 0 Å². The van der Waals surface area contributed by atoms with E-state index in [9.17, 15) is 9.59 Å². The van der Waals surface area contributed by atoms with Crippen LogP contribution < -0.4 is 21.2 Å². The molecule has 170 valence electrons. The molecule has 1 aliphatic rings. The molecule has 0 atom stereocenters. The lowest BCUT2D eigenvalue weighted by molar-refractivity contribution is 0.262. The summed E-state index contributed by atoms with van der Waals surface area (Å²) in [6.07, 6.45) is 3.44. The molecular formula is C24H30ClN5O2. The number of anilines is 3. The number of hydrogen-bond acceptors (Lipinski definition) is 3. The van der Waals surface area contributed by atoms with E-state index in [-0.39, 0.29) is 11.7 Å². The monoisotopic (exact) mass is 455 g/mol. The van der Waals surface area contributed by atoms with Crippen LogP contribution in [-0.2, 0) is 13.1 Å². The van der Waals surface area contributed by atoms with Crippen molar-refractivity contribution >= 4 is 45.7 Å². The van der Waals surface area contributed by atoms with Gasteiger partial charge >= 0.3 is 11.7 Å². The van der Waals surface area contributed by atoms with E-state index in [1.54, 1.807) is 21.3 Å². The van der Waals surface area contributed by atoms with Gasteiger partial charge in [0.05, 0.1) is 22.4 Å². The normalized spacial score (nSPS) is 14.1. The maximum atomic E-state index is 12.9. The molecule has 32 heavy (non-hydrogen) atoms. The van der Waals surface area contributed by atoms with E-state index in [0.29, 0.717) is 29.5 Å². The van der Waals surface area contributed by atoms with Gasteiger partial charge in [-0.25, -0.2) is 9.59 Å². The van der Waals surface area contributed by atoms with Crippen molar-refractivity contribution in [3.8, 4) is 0 Å². The number of nitrogens with one attached hydrogen (secondary N) is 2. The molecule has 1 saturated heterocycles. The highest BCUT2D eigenvalue weighted by atomic mass is 35.5. The summed E-state index contributed by atoms with van der Waals surface area (Å²) in [7, 11) is 0. The molecule has 2 heterocycles. The minimum absolute atomic E-state index is 0.0225. The largest absolute Gasteiger partial charge is 0.370 e. The fourth-order valence-electron chi connectivity index (χ4n) is 4.46. The van der Waals surface area contributed by atoms with Crippen molar-refractivity contribution in [3.05, 3.63) is 51.4 Å². The van der Waals surface area contributed by atoms with Crippen LogP contribution in [0.2, 0.25) is 5.02 Å². The Bertz CT molecular complexity index is 1210. The third kappa shape index (κ3) is 4.21. The third-order valence-corrected chi connectivity index (χ3v) is 6.40. The first-order valence-corrected chi connectivity index (χ1v) is 11.7. The predicted molar refractivity (Wildman–Crippen MR) is 132 cm³/mol. The van der Waals surface area contributed by atoms with Crippen LogP contribution in [-0.4, -0.2) is 28.3 Å². The van der Waals surface area contributed by atoms with Crippen LogP contribution in [0, 0.1) is 6.92 Å². The maximum Gasteiger partial charge on any atom is 0.329 e. The number of piperidine rings is 1. The molecule has 4 rings (SSSR count). The molecule has 1 fully saturated rings. The van der Waals surface area contributed by atoms with Crippen molar-refractivity contribution < 1.29 is 4.79 Å². The van der Waals surface area contributed by atoms with Crippen LogP contribution in [0.15, 0.2) is 35.1 Å². The number of carbonyl (C=O) groups excluding carboxylic acids is 1. The number of imidazole rings is 1. The standard InChI is InChI=1S/C24H30ClN5O2/c1-4-29-21-14-19(27-23(31)26-18-13-17(25)10-9-16(18)3)20(28-11-7-6-8-12-28)15-22(21)30(5-2)24(29)32/h9-10,13-15H,4-8,11-12H2,1-3H3,(H2,26,27,31). The number of aromatic nitrogens is 2. The highest BCUT2D eigenvalue weighted by Crippen LogP contribution is 2.33. The highest BCUT2D eigenvalue weighted by Gasteiger charge is 2.21. The number of nitrogens with zero attached hydrogens (tertiary/aromatic N) is 3. The molecule has 8 heteroatoms. The lowest BCUT2D eigenvalue weighted by Gasteiger charge is -2.31. The number of carbonyl (C=O) groups is 1. The summed E-state index contributed by atoms with van der Waals surface area (Å²) in [6, 6.07) is 9.05.